The molecule has 2 heterocycles. The number of hydrogen-bond donors (Lipinski definition) is 0. The van der Waals surface area contributed by atoms with Crippen LogP contribution in [0.1, 0.15) is 15.9 Å². The van der Waals surface area contributed by atoms with Gasteiger partial charge >= 0.3 is 0 Å². The van der Waals surface area contributed by atoms with E-state index in [1.54, 1.807) is 11.3 Å². The Morgan fingerprint density at radius 3 is 2.94 bits per heavy atom. The summed E-state index contributed by atoms with van der Waals surface area (Å²) in [5.41, 5.74) is 3.08. The zero-order valence-corrected chi connectivity index (χ0v) is 11.4. The molecule has 0 spiro atoms. The van der Waals surface area contributed by atoms with Gasteiger partial charge in [0.25, 0.3) is 5.91 Å². The van der Waals surface area contributed by atoms with E-state index in [1.807, 2.05) is 34.5 Å². The molecule has 0 aliphatic carbocycles. The number of anilines is 1. The molecule has 1 aromatic heterocycles. The summed E-state index contributed by atoms with van der Waals surface area (Å²) in [5, 5.41) is 1.90. The molecule has 3 rings (SSSR count). The minimum absolute atomic E-state index is 0.0944. The van der Waals surface area contributed by atoms with E-state index in [-0.39, 0.29) is 5.91 Å². The average Bonchev–Trinajstić information content (AvgIpc) is 2.94. The first-order valence-electron chi connectivity index (χ1n) is 5.39. The van der Waals surface area contributed by atoms with Crippen molar-refractivity contribution in [3.63, 3.8) is 0 Å². The minimum atomic E-state index is 0.0944. The second-order valence-electron chi connectivity index (χ2n) is 3.97. The molecule has 0 fully saturated rings. The third-order valence-corrected chi connectivity index (χ3v) is 4.45. The zero-order chi connectivity index (χ0) is 11.8. The molecule has 0 saturated carbocycles. The molecule has 0 radical (unpaired) electrons. The summed E-state index contributed by atoms with van der Waals surface area (Å²) in [6.07, 6.45) is 0.952. The predicted octanol–water partition coefficient (Wildman–Crippen LogP) is 3.71. The largest absolute Gasteiger partial charge is 0.308 e. The van der Waals surface area contributed by atoms with E-state index in [9.17, 15) is 4.79 Å². The van der Waals surface area contributed by atoms with Crippen LogP contribution in [0.5, 0.6) is 0 Å². The van der Waals surface area contributed by atoms with Gasteiger partial charge in [-0.1, -0.05) is 18.2 Å². The molecule has 86 valence electrons. The average molecular weight is 308 g/mol. The van der Waals surface area contributed by atoms with Crippen LogP contribution >= 0.6 is 27.3 Å². The van der Waals surface area contributed by atoms with Gasteiger partial charge in [-0.3, -0.25) is 4.79 Å². The standard InChI is InChI=1S/C13H10BrNOS/c14-12-7-10(8-17-12)13(16)15-6-5-9-3-1-2-4-11(9)15/h1-4,7-8H,5-6H2. The normalized spacial score (nSPS) is 13.8. The van der Waals surface area contributed by atoms with Crippen LogP contribution in [0.15, 0.2) is 39.5 Å². The van der Waals surface area contributed by atoms with Crippen molar-refractivity contribution in [2.24, 2.45) is 0 Å². The quantitative estimate of drug-likeness (QED) is 0.786. The third-order valence-electron chi connectivity index (χ3n) is 2.95. The summed E-state index contributed by atoms with van der Waals surface area (Å²) in [5.74, 6) is 0.0944. The van der Waals surface area contributed by atoms with Crippen LogP contribution in [0.2, 0.25) is 0 Å². The summed E-state index contributed by atoms with van der Waals surface area (Å²) >= 11 is 4.93. The fourth-order valence-electron chi connectivity index (χ4n) is 2.13. The number of thiophene rings is 1. The first-order chi connectivity index (χ1) is 8.25. The molecule has 4 heteroatoms. The van der Waals surface area contributed by atoms with Crippen molar-refractivity contribution in [2.75, 3.05) is 11.4 Å². The number of nitrogens with zero attached hydrogens (tertiary/aromatic N) is 1. The number of para-hydroxylation sites is 1. The Balaban J connectivity index is 1.95. The first-order valence-corrected chi connectivity index (χ1v) is 7.07. The van der Waals surface area contributed by atoms with Gasteiger partial charge in [0, 0.05) is 17.6 Å². The summed E-state index contributed by atoms with van der Waals surface area (Å²) < 4.78 is 0.994. The number of amides is 1. The van der Waals surface area contributed by atoms with Gasteiger partial charge in [-0.15, -0.1) is 11.3 Å². The predicted molar refractivity (Wildman–Crippen MR) is 73.8 cm³/mol. The van der Waals surface area contributed by atoms with Crippen LogP contribution in [0, 0.1) is 0 Å². The maximum atomic E-state index is 12.3. The Hall–Kier alpha value is -1.13. The second kappa shape index (κ2) is 4.27. The molecule has 17 heavy (non-hydrogen) atoms. The Morgan fingerprint density at radius 2 is 2.18 bits per heavy atom. The Labute approximate surface area is 112 Å². The van der Waals surface area contributed by atoms with Crippen LogP contribution < -0.4 is 4.90 Å². The summed E-state index contributed by atoms with van der Waals surface area (Å²) in [4.78, 5) is 14.2. The molecule has 2 aromatic rings. The Bertz CT molecular complexity index is 578. The highest BCUT2D eigenvalue weighted by Gasteiger charge is 2.25. The van der Waals surface area contributed by atoms with Crippen LogP contribution in [-0.2, 0) is 6.42 Å². The highest BCUT2D eigenvalue weighted by molar-refractivity contribution is 9.11. The van der Waals surface area contributed by atoms with Crippen molar-refractivity contribution >= 4 is 38.9 Å². The SMILES string of the molecule is O=C(c1csc(Br)c1)N1CCc2ccccc21. The van der Waals surface area contributed by atoms with E-state index in [2.05, 4.69) is 22.0 Å². The highest BCUT2D eigenvalue weighted by Crippen LogP contribution is 2.30. The van der Waals surface area contributed by atoms with Gasteiger partial charge in [0.15, 0.2) is 0 Å². The van der Waals surface area contributed by atoms with E-state index < -0.39 is 0 Å². The van der Waals surface area contributed by atoms with Gasteiger partial charge in [0.1, 0.15) is 0 Å². The monoisotopic (exact) mass is 307 g/mol. The lowest BCUT2D eigenvalue weighted by Crippen LogP contribution is -2.28. The van der Waals surface area contributed by atoms with Crippen LogP contribution in [0.3, 0.4) is 0 Å². The van der Waals surface area contributed by atoms with Gasteiger partial charge in [-0.05, 0) is 40.0 Å². The maximum Gasteiger partial charge on any atom is 0.259 e. The van der Waals surface area contributed by atoms with Crippen molar-refractivity contribution < 1.29 is 4.79 Å². The summed E-state index contributed by atoms with van der Waals surface area (Å²) in [7, 11) is 0. The first kappa shape index (κ1) is 11.0. The van der Waals surface area contributed by atoms with Crippen molar-refractivity contribution in [3.8, 4) is 0 Å². The van der Waals surface area contributed by atoms with Crippen molar-refractivity contribution in [3.05, 3.63) is 50.6 Å². The van der Waals surface area contributed by atoms with Crippen molar-refractivity contribution in [1.82, 2.24) is 0 Å². The van der Waals surface area contributed by atoms with Gasteiger partial charge in [0.05, 0.1) is 9.35 Å². The molecule has 0 saturated heterocycles. The second-order valence-corrected chi connectivity index (χ2v) is 6.27. The van der Waals surface area contributed by atoms with Gasteiger partial charge < -0.3 is 4.90 Å². The van der Waals surface area contributed by atoms with E-state index in [1.165, 1.54) is 5.56 Å². The Kier molecular flexibility index (Phi) is 2.76. The Morgan fingerprint density at radius 1 is 1.35 bits per heavy atom. The lowest BCUT2D eigenvalue weighted by Gasteiger charge is -2.16. The minimum Gasteiger partial charge on any atom is -0.308 e. The molecule has 1 aromatic carbocycles. The highest BCUT2D eigenvalue weighted by atomic mass is 79.9. The molecule has 0 N–H and O–H groups in total. The maximum absolute atomic E-state index is 12.3. The number of halogens is 1. The number of rotatable bonds is 1. The van der Waals surface area contributed by atoms with Crippen molar-refractivity contribution in [1.29, 1.82) is 0 Å². The zero-order valence-electron chi connectivity index (χ0n) is 9.02. The van der Waals surface area contributed by atoms with Crippen LogP contribution in [0.4, 0.5) is 5.69 Å². The molecule has 1 amide bonds. The van der Waals surface area contributed by atoms with E-state index in [0.29, 0.717) is 0 Å². The number of fused-ring (bicyclic) bond motifs is 1. The molecule has 0 bridgehead atoms. The van der Waals surface area contributed by atoms with Gasteiger partial charge in [-0.2, -0.15) is 0 Å². The van der Waals surface area contributed by atoms with Crippen molar-refractivity contribution in [2.45, 2.75) is 6.42 Å². The van der Waals surface area contributed by atoms with Crippen LogP contribution in [-0.4, -0.2) is 12.5 Å². The third kappa shape index (κ3) is 1.91. The number of benzene rings is 1. The van der Waals surface area contributed by atoms with E-state index >= 15 is 0 Å². The van der Waals surface area contributed by atoms with E-state index in [4.69, 9.17) is 0 Å². The van der Waals surface area contributed by atoms with Gasteiger partial charge in [-0.25, -0.2) is 0 Å². The fourth-order valence-corrected chi connectivity index (χ4v) is 3.26. The number of carbonyl (C=O) groups is 1. The van der Waals surface area contributed by atoms with Gasteiger partial charge in [0.2, 0.25) is 0 Å². The van der Waals surface area contributed by atoms with Crippen LogP contribution in [0.25, 0.3) is 0 Å². The van der Waals surface area contributed by atoms with E-state index in [0.717, 1.165) is 28.0 Å². The molecule has 2 nitrogen and oxygen atoms in total. The molecular weight excluding hydrogens is 298 g/mol. The number of hydrogen-bond acceptors (Lipinski definition) is 2. The number of carbonyl (C=O) groups excluding carboxylic acids is 1. The summed E-state index contributed by atoms with van der Waals surface area (Å²) in [6, 6.07) is 9.99. The fraction of sp³-hybridized carbons (Fsp3) is 0.154. The molecule has 1 aliphatic rings. The molecule has 0 atom stereocenters. The smallest absolute Gasteiger partial charge is 0.259 e. The lowest BCUT2D eigenvalue weighted by atomic mass is 10.2. The molecule has 0 unspecified atom stereocenters. The lowest BCUT2D eigenvalue weighted by molar-refractivity contribution is 0.0990. The summed E-state index contributed by atoms with van der Waals surface area (Å²) in [6.45, 7) is 0.783. The molecular formula is C13H10BrNOS. The topological polar surface area (TPSA) is 20.3 Å². The molecule has 1 aliphatic heterocycles.